The third kappa shape index (κ3) is 6.25. The van der Waals surface area contributed by atoms with E-state index in [1.54, 1.807) is 13.0 Å². The summed E-state index contributed by atoms with van der Waals surface area (Å²) in [7, 11) is 1.35. The van der Waals surface area contributed by atoms with Gasteiger partial charge in [-0.25, -0.2) is 9.38 Å². The van der Waals surface area contributed by atoms with Gasteiger partial charge < -0.3 is 15.4 Å². The summed E-state index contributed by atoms with van der Waals surface area (Å²) >= 11 is 0. The minimum absolute atomic E-state index is 0.230. The number of aryl methyl sites for hydroxylation is 1. The summed E-state index contributed by atoms with van der Waals surface area (Å²) in [6.07, 6.45) is 0.264. The minimum atomic E-state index is -0.279. The molecule has 0 saturated carbocycles. The van der Waals surface area contributed by atoms with Gasteiger partial charge in [-0.2, -0.15) is 0 Å². The summed E-state index contributed by atoms with van der Waals surface area (Å²) in [5, 5.41) is 6.09. The van der Waals surface area contributed by atoms with Crippen molar-refractivity contribution in [2.45, 2.75) is 26.8 Å². The van der Waals surface area contributed by atoms with Crippen molar-refractivity contribution >= 4 is 11.9 Å². The lowest BCUT2D eigenvalue weighted by atomic mass is 10.1. The average molecular weight is 295 g/mol. The van der Waals surface area contributed by atoms with Crippen LogP contribution in [0.1, 0.15) is 24.5 Å². The first kappa shape index (κ1) is 16.9. The lowest BCUT2D eigenvalue weighted by molar-refractivity contribution is -0.140. The fourth-order valence-corrected chi connectivity index (χ4v) is 1.63. The molecule has 0 aromatic heterocycles. The number of carbonyl (C=O) groups excluding carboxylic acids is 1. The lowest BCUT2D eigenvalue weighted by Crippen LogP contribution is -2.38. The maximum absolute atomic E-state index is 13.5. The summed E-state index contributed by atoms with van der Waals surface area (Å²) in [6, 6.07) is 5.06. The van der Waals surface area contributed by atoms with Gasteiger partial charge >= 0.3 is 5.97 Å². The third-order valence-corrected chi connectivity index (χ3v) is 2.85. The largest absolute Gasteiger partial charge is 0.469 e. The van der Waals surface area contributed by atoms with E-state index in [1.165, 1.54) is 13.2 Å². The van der Waals surface area contributed by atoms with Gasteiger partial charge in [0.1, 0.15) is 5.82 Å². The smallest absolute Gasteiger partial charge is 0.307 e. The number of halogens is 1. The van der Waals surface area contributed by atoms with Crippen molar-refractivity contribution in [3.05, 3.63) is 35.1 Å². The van der Waals surface area contributed by atoms with Crippen molar-refractivity contribution in [3.8, 4) is 0 Å². The van der Waals surface area contributed by atoms with E-state index >= 15 is 0 Å². The molecule has 0 aliphatic rings. The van der Waals surface area contributed by atoms with E-state index in [9.17, 15) is 9.18 Å². The molecule has 1 rings (SSSR count). The number of methoxy groups -OCH3 is 1. The number of hydrogen-bond acceptors (Lipinski definition) is 3. The normalized spacial score (nSPS) is 11.1. The van der Waals surface area contributed by atoms with Crippen LogP contribution in [0.4, 0.5) is 4.39 Å². The zero-order valence-corrected chi connectivity index (χ0v) is 12.7. The SMILES string of the molecule is CCNC(=NCc1ccc(C)c(F)c1)NCCC(=O)OC. The van der Waals surface area contributed by atoms with E-state index in [0.29, 0.717) is 31.2 Å². The molecule has 6 heteroatoms. The van der Waals surface area contributed by atoms with Crippen LogP contribution in [0.2, 0.25) is 0 Å². The first-order chi connectivity index (χ1) is 10.1. The van der Waals surface area contributed by atoms with Crippen LogP contribution in [0.3, 0.4) is 0 Å². The highest BCUT2D eigenvalue weighted by atomic mass is 19.1. The van der Waals surface area contributed by atoms with Crippen molar-refractivity contribution in [2.24, 2.45) is 4.99 Å². The molecule has 0 saturated heterocycles. The van der Waals surface area contributed by atoms with Crippen molar-refractivity contribution < 1.29 is 13.9 Å². The molecule has 0 bridgehead atoms. The highest BCUT2D eigenvalue weighted by Gasteiger charge is 2.03. The number of carbonyl (C=O) groups is 1. The molecular weight excluding hydrogens is 273 g/mol. The Kier molecular flexibility index (Phi) is 7.21. The Morgan fingerprint density at radius 1 is 1.38 bits per heavy atom. The van der Waals surface area contributed by atoms with Crippen LogP contribution in [0, 0.1) is 12.7 Å². The number of rotatable bonds is 6. The fourth-order valence-electron chi connectivity index (χ4n) is 1.63. The Hall–Kier alpha value is -2.11. The van der Waals surface area contributed by atoms with Crippen LogP contribution in [0.15, 0.2) is 23.2 Å². The zero-order valence-electron chi connectivity index (χ0n) is 12.7. The van der Waals surface area contributed by atoms with Gasteiger partial charge in [0.05, 0.1) is 20.1 Å². The number of aliphatic imine (C=N–C) groups is 1. The van der Waals surface area contributed by atoms with Gasteiger partial charge in [0.2, 0.25) is 0 Å². The molecular formula is C15H22FN3O2. The second-order valence-corrected chi connectivity index (χ2v) is 4.53. The van der Waals surface area contributed by atoms with Crippen LogP contribution in [0.5, 0.6) is 0 Å². The first-order valence-electron chi connectivity index (χ1n) is 6.90. The summed E-state index contributed by atoms with van der Waals surface area (Å²) in [5.41, 5.74) is 1.41. The predicted octanol–water partition coefficient (Wildman–Crippen LogP) is 1.75. The molecule has 0 amide bonds. The maximum atomic E-state index is 13.5. The summed E-state index contributed by atoms with van der Waals surface area (Å²) < 4.78 is 18.0. The standard InChI is InChI=1S/C15H22FN3O2/c1-4-17-15(18-8-7-14(20)21-3)19-10-12-6-5-11(2)13(16)9-12/h5-6,9H,4,7-8,10H2,1-3H3,(H2,17,18,19). The fraction of sp³-hybridized carbons (Fsp3) is 0.467. The molecule has 0 aliphatic heterocycles. The van der Waals surface area contributed by atoms with Crippen molar-refractivity contribution in [1.82, 2.24) is 10.6 Å². The van der Waals surface area contributed by atoms with Crippen molar-refractivity contribution in [2.75, 3.05) is 20.2 Å². The monoisotopic (exact) mass is 295 g/mol. The molecule has 0 unspecified atom stereocenters. The molecule has 0 heterocycles. The van der Waals surface area contributed by atoms with E-state index in [-0.39, 0.29) is 18.2 Å². The summed E-state index contributed by atoms with van der Waals surface area (Å²) in [4.78, 5) is 15.4. The van der Waals surface area contributed by atoms with E-state index in [0.717, 1.165) is 5.56 Å². The van der Waals surface area contributed by atoms with Gasteiger partial charge in [0.15, 0.2) is 5.96 Å². The average Bonchev–Trinajstić information content (AvgIpc) is 2.48. The molecule has 0 radical (unpaired) electrons. The molecule has 2 N–H and O–H groups in total. The van der Waals surface area contributed by atoms with E-state index in [2.05, 4.69) is 20.4 Å². The Morgan fingerprint density at radius 2 is 2.14 bits per heavy atom. The first-order valence-corrected chi connectivity index (χ1v) is 6.90. The molecule has 1 aromatic carbocycles. The summed E-state index contributed by atoms with van der Waals surface area (Å²) in [5.74, 6) is 0.0766. The Labute approximate surface area is 124 Å². The maximum Gasteiger partial charge on any atom is 0.307 e. The number of ether oxygens (including phenoxy) is 1. The van der Waals surface area contributed by atoms with Gasteiger partial charge in [-0.1, -0.05) is 12.1 Å². The minimum Gasteiger partial charge on any atom is -0.469 e. The number of esters is 1. The number of nitrogens with zero attached hydrogens (tertiary/aromatic N) is 1. The second kappa shape index (κ2) is 8.94. The number of nitrogens with one attached hydrogen (secondary N) is 2. The van der Waals surface area contributed by atoms with Gasteiger partial charge in [-0.15, -0.1) is 0 Å². The topological polar surface area (TPSA) is 62.7 Å². The predicted molar refractivity (Wildman–Crippen MR) is 80.6 cm³/mol. The molecule has 1 aromatic rings. The van der Waals surface area contributed by atoms with Crippen molar-refractivity contribution in [1.29, 1.82) is 0 Å². The quantitative estimate of drug-likeness (QED) is 0.477. The molecule has 0 fully saturated rings. The molecule has 0 aliphatic carbocycles. The highest BCUT2D eigenvalue weighted by molar-refractivity contribution is 5.80. The molecule has 0 spiro atoms. The Morgan fingerprint density at radius 3 is 2.76 bits per heavy atom. The van der Waals surface area contributed by atoms with Gasteiger partial charge in [0, 0.05) is 13.1 Å². The van der Waals surface area contributed by atoms with Crippen LogP contribution < -0.4 is 10.6 Å². The molecule has 116 valence electrons. The molecule has 0 atom stereocenters. The zero-order chi connectivity index (χ0) is 15.7. The Balaban J connectivity index is 2.57. The Bertz CT molecular complexity index is 504. The van der Waals surface area contributed by atoms with Crippen LogP contribution >= 0.6 is 0 Å². The van der Waals surface area contributed by atoms with Crippen molar-refractivity contribution in [3.63, 3.8) is 0 Å². The van der Waals surface area contributed by atoms with Crippen LogP contribution in [-0.4, -0.2) is 32.1 Å². The number of guanidine groups is 1. The van der Waals surface area contributed by atoms with Crippen LogP contribution in [0.25, 0.3) is 0 Å². The second-order valence-electron chi connectivity index (χ2n) is 4.53. The highest BCUT2D eigenvalue weighted by Crippen LogP contribution is 2.09. The molecule has 21 heavy (non-hydrogen) atoms. The number of hydrogen-bond donors (Lipinski definition) is 2. The van der Waals surface area contributed by atoms with Crippen LogP contribution in [-0.2, 0) is 16.1 Å². The lowest BCUT2D eigenvalue weighted by Gasteiger charge is -2.10. The third-order valence-electron chi connectivity index (χ3n) is 2.85. The van der Waals surface area contributed by atoms with Gasteiger partial charge in [-0.3, -0.25) is 4.79 Å². The van der Waals surface area contributed by atoms with E-state index in [1.807, 2.05) is 13.0 Å². The summed E-state index contributed by atoms with van der Waals surface area (Å²) in [6.45, 7) is 5.17. The van der Waals surface area contributed by atoms with Gasteiger partial charge in [0.25, 0.3) is 0 Å². The van der Waals surface area contributed by atoms with Gasteiger partial charge in [-0.05, 0) is 31.0 Å². The van der Waals surface area contributed by atoms with E-state index in [4.69, 9.17) is 0 Å². The molecule has 5 nitrogen and oxygen atoms in total. The number of benzene rings is 1. The van der Waals surface area contributed by atoms with E-state index < -0.39 is 0 Å².